The minimum atomic E-state index is -0.351. The zero-order valence-electron chi connectivity index (χ0n) is 12.1. The normalized spacial score (nSPS) is 13.6. The molecule has 0 aliphatic heterocycles. The van der Waals surface area contributed by atoms with Crippen molar-refractivity contribution in [2.75, 3.05) is 6.54 Å². The van der Waals surface area contributed by atoms with Crippen LogP contribution < -0.4 is 10.1 Å². The van der Waals surface area contributed by atoms with E-state index >= 15 is 0 Å². The van der Waals surface area contributed by atoms with E-state index in [0.29, 0.717) is 12.5 Å². The Balaban J connectivity index is 2.49. The number of hydrogen-bond acceptors (Lipinski definition) is 3. The molecule has 2 atom stereocenters. The number of benzene rings is 1. The third-order valence-electron chi connectivity index (χ3n) is 3.00. The molecule has 1 N–H and O–H groups in total. The maximum atomic E-state index is 8.86. The highest BCUT2D eigenvalue weighted by Crippen LogP contribution is 2.15. The molecule has 0 aromatic heterocycles. The van der Waals surface area contributed by atoms with Gasteiger partial charge in [0.25, 0.3) is 0 Å². The van der Waals surface area contributed by atoms with E-state index in [-0.39, 0.29) is 6.10 Å². The Bertz CT molecular complexity index is 394. The number of ether oxygens (including phenoxy) is 1. The summed E-state index contributed by atoms with van der Waals surface area (Å²) in [4.78, 5) is 0. The third kappa shape index (κ3) is 5.76. The predicted molar refractivity (Wildman–Crippen MR) is 78.2 cm³/mol. The Hall–Kier alpha value is -1.53. The van der Waals surface area contributed by atoms with E-state index in [4.69, 9.17) is 10.00 Å². The van der Waals surface area contributed by atoms with Gasteiger partial charge >= 0.3 is 0 Å². The molecule has 0 amide bonds. The van der Waals surface area contributed by atoms with E-state index in [1.165, 1.54) is 5.56 Å². The average Bonchev–Trinajstić information content (AvgIpc) is 2.44. The van der Waals surface area contributed by atoms with Crippen LogP contribution in [-0.4, -0.2) is 18.7 Å². The van der Waals surface area contributed by atoms with Crippen LogP contribution in [0.2, 0.25) is 0 Å². The van der Waals surface area contributed by atoms with Crippen molar-refractivity contribution in [3.05, 3.63) is 29.8 Å². The zero-order chi connectivity index (χ0) is 14.1. The van der Waals surface area contributed by atoms with Crippen LogP contribution >= 0.6 is 0 Å². The molecule has 0 spiro atoms. The summed E-state index contributed by atoms with van der Waals surface area (Å²) in [7, 11) is 0. The van der Waals surface area contributed by atoms with Gasteiger partial charge in [0.2, 0.25) is 0 Å². The lowest BCUT2D eigenvalue weighted by Crippen LogP contribution is -2.28. The molecule has 0 saturated carbocycles. The first-order valence-corrected chi connectivity index (χ1v) is 7.08. The Morgan fingerprint density at radius 2 is 1.95 bits per heavy atom. The Kier molecular flexibility index (Phi) is 6.99. The molecule has 0 aliphatic carbocycles. The molecule has 0 heterocycles. The van der Waals surface area contributed by atoms with Crippen LogP contribution in [0, 0.1) is 11.3 Å². The molecule has 0 bridgehead atoms. The van der Waals surface area contributed by atoms with Crippen LogP contribution in [0.25, 0.3) is 0 Å². The molecular formula is C16H24N2O. The molecule has 3 heteroatoms. The van der Waals surface area contributed by atoms with Crippen molar-refractivity contribution in [3.8, 4) is 11.8 Å². The van der Waals surface area contributed by atoms with E-state index < -0.39 is 0 Å². The average molecular weight is 260 g/mol. The summed E-state index contributed by atoms with van der Waals surface area (Å²) in [6, 6.07) is 10.7. The lowest BCUT2D eigenvalue weighted by Gasteiger charge is -2.14. The minimum absolute atomic E-state index is 0.351. The van der Waals surface area contributed by atoms with Gasteiger partial charge in [-0.2, -0.15) is 5.26 Å². The smallest absolute Gasteiger partial charge is 0.184 e. The van der Waals surface area contributed by atoms with Crippen molar-refractivity contribution in [1.29, 1.82) is 5.26 Å². The van der Waals surface area contributed by atoms with Gasteiger partial charge in [0.15, 0.2) is 6.10 Å². The Labute approximate surface area is 116 Å². The summed E-state index contributed by atoms with van der Waals surface area (Å²) in [5.74, 6) is 0.770. The molecule has 3 nitrogen and oxygen atoms in total. The van der Waals surface area contributed by atoms with Crippen molar-refractivity contribution < 1.29 is 4.74 Å². The first-order valence-electron chi connectivity index (χ1n) is 7.08. The maximum Gasteiger partial charge on any atom is 0.184 e. The van der Waals surface area contributed by atoms with Gasteiger partial charge in [-0.15, -0.1) is 0 Å². The highest BCUT2D eigenvalue weighted by Gasteiger charge is 2.06. The first-order chi connectivity index (χ1) is 9.19. The molecule has 0 fully saturated rings. The van der Waals surface area contributed by atoms with Crippen LogP contribution in [0.4, 0.5) is 0 Å². The van der Waals surface area contributed by atoms with Crippen LogP contribution in [0.1, 0.15) is 39.2 Å². The van der Waals surface area contributed by atoms with Crippen molar-refractivity contribution in [2.45, 2.75) is 52.2 Å². The summed E-state index contributed by atoms with van der Waals surface area (Å²) in [6.45, 7) is 7.38. The molecule has 104 valence electrons. The molecular weight excluding hydrogens is 236 g/mol. The van der Waals surface area contributed by atoms with Gasteiger partial charge < -0.3 is 10.1 Å². The SMILES string of the molecule is CCCNC(C)Cc1ccc(OC(C#N)CC)cc1. The number of nitriles is 1. The summed E-state index contributed by atoms with van der Waals surface area (Å²) < 4.78 is 5.56. The quantitative estimate of drug-likeness (QED) is 0.780. The lowest BCUT2D eigenvalue weighted by molar-refractivity contribution is 0.252. The molecule has 0 saturated heterocycles. The molecule has 0 aliphatic rings. The Morgan fingerprint density at radius 3 is 2.47 bits per heavy atom. The standard InChI is InChI=1S/C16H24N2O/c1-4-10-18-13(3)11-14-6-8-16(9-7-14)19-15(5-2)12-17/h6-9,13,15,18H,4-5,10-11H2,1-3H3. The largest absolute Gasteiger partial charge is 0.476 e. The van der Waals surface area contributed by atoms with Gasteiger partial charge in [-0.05, 0) is 50.4 Å². The summed E-state index contributed by atoms with van der Waals surface area (Å²) >= 11 is 0. The van der Waals surface area contributed by atoms with E-state index in [1.807, 2.05) is 19.1 Å². The van der Waals surface area contributed by atoms with E-state index in [0.717, 1.165) is 25.1 Å². The van der Waals surface area contributed by atoms with Gasteiger partial charge in [0, 0.05) is 6.04 Å². The number of hydrogen-bond donors (Lipinski definition) is 1. The van der Waals surface area contributed by atoms with Crippen molar-refractivity contribution in [1.82, 2.24) is 5.32 Å². The van der Waals surface area contributed by atoms with E-state index in [1.54, 1.807) is 0 Å². The number of nitrogens with zero attached hydrogens (tertiary/aromatic N) is 1. The molecule has 1 rings (SSSR count). The second-order valence-corrected chi connectivity index (χ2v) is 4.85. The summed E-state index contributed by atoms with van der Waals surface area (Å²) in [5, 5.41) is 12.3. The molecule has 1 aromatic carbocycles. The fourth-order valence-corrected chi connectivity index (χ4v) is 1.89. The first kappa shape index (κ1) is 15.5. The second-order valence-electron chi connectivity index (χ2n) is 4.85. The van der Waals surface area contributed by atoms with E-state index in [9.17, 15) is 0 Å². The van der Waals surface area contributed by atoms with Crippen molar-refractivity contribution in [2.24, 2.45) is 0 Å². The summed E-state index contributed by atoms with van der Waals surface area (Å²) in [5.41, 5.74) is 1.29. The second kappa shape index (κ2) is 8.55. The fourth-order valence-electron chi connectivity index (χ4n) is 1.89. The number of rotatable bonds is 8. The van der Waals surface area contributed by atoms with Crippen LogP contribution in [0.5, 0.6) is 5.75 Å². The minimum Gasteiger partial charge on any atom is -0.476 e. The molecule has 2 unspecified atom stereocenters. The van der Waals surface area contributed by atoms with Crippen LogP contribution in [0.15, 0.2) is 24.3 Å². The van der Waals surface area contributed by atoms with Gasteiger partial charge in [0.1, 0.15) is 11.8 Å². The fraction of sp³-hybridized carbons (Fsp3) is 0.562. The summed E-state index contributed by atoms with van der Waals surface area (Å²) in [6.07, 6.45) is 2.52. The van der Waals surface area contributed by atoms with Crippen LogP contribution in [0.3, 0.4) is 0 Å². The third-order valence-corrected chi connectivity index (χ3v) is 3.00. The number of nitrogens with one attached hydrogen (secondary N) is 1. The zero-order valence-corrected chi connectivity index (χ0v) is 12.1. The molecule has 1 aromatic rings. The van der Waals surface area contributed by atoms with E-state index in [2.05, 4.69) is 37.4 Å². The topological polar surface area (TPSA) is 45.0 Å². The maximum absolute atomic E-state index is 8.86. The van der Waals surface area contributed by atoms with Crippen molar-refractivity contribution in [3.63, 3.8) is 0 Å². The highest BCUT2D eigenvalue weighted by molar-refractivity contribution is 5.28. The van der Waals surface area contributed by atoms with Gasteiger partial charge in [-0.1, -0.05) is 26.0 Å². The van der Waals surface area contributed by atoms with Crippen LogP contribution in [-0.2, 0) is 6.42 Å². The predicted octanol–water partition coefficient (Wildman–Crippen LogP) is 3.30. The highest BCUT2D eigenvalue weighted by atomic mass is 16.5. The van der Waals surface area contributed by atoms with Gasteiger partial charge in [-0.3, -0.25) is 0 Å². The monoisotopic (exact) mass is 260 g/mol. The molecule has 0 radical (unpaired) electrons. The van der Waals surface area contributed by atoms with Crippen molar-refractivity contribution >= 4 is 0 Å². The van der Waals surface area contributed by atoms with Gasteiger partial charge in [-0.25, -0.2) is 0 Å². The lowest BCUT2D eigenvalue weighted by atomic mass is 10.1. The Morgan fingerprint density at radius 1 is 1.26 bits per heavy atom. The van der Waals surface area contributed by atoms with Gasteiger partial charge in [0.05, 0.1) is 0 Å². The molecule has 19 heavy (non-hydrogen) atoms.